The van der Waals surface area contributed by atoms with Crippen LogP contribution in [-0.2, 0) is 30.7 Å². The summed E-state index contributed by atoms with van der Waals surface area (Å²) in [4.78, 5) is 26.2. The fourth-order valence-electron chi connectivity index (χ4n) is 3.01. The van der Waals surface area contributed by atoms with Crippen molar-refractivity contribution in [3.8, 4) is 0 Å². The molecule has 1 N–H and O–H groups in total. The Kier molecular flexibility index (Phi) is 4.86. The van der Waals surface area contributed by atoms with Gasteiger partial charge >= 0.3 is 0 Å². The van der Waals surface area contributed by atoms with Gasteiger partial charge in [-0.1, -0.05) is 30.3 Å². The third-order valence-corrected chi connectivity index (χ3v) is 6.04. The summed E-state index contributed by atoms with van der Waals surface area (Å²) in [5.74, 6) is -0.560. The van der Waals surface area contributed by atoms with Gasteiger partial charge in [0.05, 0.1) is 18.1 Å². The van der Waals surface area contributed by atoms with Crippen LogP contribution in [0, 0.1) is 0 Å². The van der Waals surface area contributed by atoms with Crippen molar-refractivity contribution in [2.45, 2.75) is 25.0 Å². The SMILES string of the molecule is O=C(NC1CCS(=O)(=O)C1)[C@@H]1COCC(=O)N1Cc1ccccc1. The summed E-state index contributed by atoms with van der Waals surface area (Å²) in [6.45, 7) is 0.391. The lowest BCUT2D eigenvalue weighted by molar-refractivity contribution is -0.155. The Morgan fingerprint density at radius 2 is 2.04 bits per heavy atom. The second-order valence-electron chi connectivity index (χ2n) is 6.15. The predicted molar refractivity (Wildman–Crippen MR) is 86.8 cm³/mol. The zero-order valence-corrected chi connectivity index (χ0v) is 14.0. The third kappa shape index (κ3) is 3.93. The number of nitrogens with zero attached hydrogens (tertiary/aromatic N) is 1. The minimum absolute atomic E-state index is 0.0427. The Bertz CT molecular complexity index is 719. The summed E-state index contributed by atoms with van der Waals surface area (Å²) in [5.41, 5.74) is 0.925. The molecule has 0 aromatic heterocycles. The first-order chi connectivity index (χ1) is 11.4. The lowest BCUT2D eigenvalue weighted by Crippen LogP contribution is -2.57. The van der Waals surface area contributed by atoms with E-state index in [1.54, 1.807) is 0 Å². The van der Waals surface area contributed by atoms with Gasteiger partial charge in [-0.25, -0.2) is 8.42 Å². The van der Waals surface area contributed by atoms with Crippen molar-refractivity contribution in [3.05, 3.63) is 35.9 Å². The summed E-state index contributed by atoms with van der Waals surface area (Å²) in [6.07, 6.45) is 0.411. The van der Waals surface area contributed by atoms with E-state index in [9.17, 15) is 18.0 Å². The molecule has 0 bridgehead atoms. The predicted octanol–water partition coefficient (Wildman–Crippen LogP) is -0.283. The van der Waals surface area contributed by atoms with Gasteiger partial charge in [0, 0.05) is 12.6 Å². The van der Waals surface area contributed by atoms with Crippen molar-refractivity contribution < 1.29 is 22.7 Å². The van der Waals surface area contributed by atoms with Gasteiger partial charge in [0.25, 0.3) is 0 Å². The van der Waals surface area contributed by atoms with Crippen LogP contribution in [0.5, 0.6) is 0 Å². The summed E-state index contributed by atoms with van der Waals surface area (Å²) >= 11 is 0. The van der Waals surface area contributed by atoms with Crippen LogP contribution in [-0.4, -0.2) is 61.9 Å². The van der Waals surface area contributed by atoms with E-state index in [2.05, 4.69) is 5.32 Å². The van der Waals surface area contributed by atoms with E-state index in [0.29, 0.717) is 13.0 Å². The number of rotatable bonds is 4. The first-order valence-electron chi connectivity index (χ1n) is 7.86. The molecule has 2 atom stereocenters. The maximum atomic E-state index is 12.5. The largest absolute Gasteiger partial charge is 0.369 e. The highest BCUT2D eigenvalue weighted by atomic mass is 32.2. The summed E-state index contributed by atoms with van der Waals surface area (Å²) in [6, 6.07) is 8.28. The third-order valence-electron chi connectivity index (χ3n) is 4.28. The molecule has 130 valence electrons. The standard InChI is InChI=1S/C16H20N2O5S/c19-15-10-23-9-14(18(15)8-12-4-2-1-3-5-12)16(20)17-13-6-7-24(21,22)11-13/h1-5,13-14H,6-11H2,(H,17,20)/t13?,14-/m0/s1. The van der Waals surface area contributed by atoms with Gasteiger partial charge in [0.2, 0.25) is 11.8 Å². The van der Waals surface area contributed by atoms with Gasteiger partial charge in [-0.15, -0.1) is 0 Å². The number of amides is 2. The molecule has 2 amide bonds. The highest BCUT2D eigenvalue weighted by Gasteiger charge is 2.36. The summed E-state index contributed by atoms with van der Waals surface area (Å²) in [5, 5.41) is 2.75. The van der Waals surface area contributed by atoms with Crippen LogP contribution in [0.3, 0.4) is 0 Å². The first kappa shape index (κ1) is 16.9. The van der Waals surface area contributed by atoms with E-state index in [-0.39, 0.29) is 36.5 Å². The number of carbonyl (C=O) groups is 2. The molecular formula is C16H20N2O5S. The molecule has 2 heterocycles. The molecule has 1 unspecified atom stereocenters. The monoisotopic (exact) mass is 352 g/mol. The molecule has 2 aliphatic heterocycles. The topological polar surface area (TPSA) is 92.8 Å². The lowest BCUT2D eigenvalue weighted by atomic mass is 10.1. The summed E-state index contributed by atoms with van der Waals surface area (Å²) < 4.78 is 28.3. The number of ether oxygens (including phenoxy) is 1. The average molecular weight is 352 g/mol. The van der Waals surface area contributed by atoms with Gasteiger partial charge in [-0.2, -0.15) is 0 Å². The first-order valence-corrected chi connectivity index (χ1v) is 9.69. The Hall–Kier alpha value is -1.93. The van der Waals surface area contributed by atoms with Crippen molar-refractivity contribution in [2.75, 3.05) is 24.7 Å². The fraction of sp³-hybridized carbons (Fsp3) is 0.500. The van der Waals surface area contributed by atoms with Crippen molar-refractivity contribution in [3.63, 3.8) is 0 Å². The number of carbonyl (C=O) groups excluding carboxylic acids is 2. The van der Waals surface area contributed by atoms with Crippen molar-refractivity contribution in [1.82, 2.24) is 10.2 Å². The van der Waals surface area contributed by atoms with E-state index < -0.39 is 21.9 Å². The highest BCUT2D eigenvalue weighted by molar-refractivity contribution is 7.91. The van der Waals surface area contributed by atoms with Crippen LogP contribution >= 0.6 is 0 Å². The van der Waals surface area contributed by atoms with Gasteiger partial charge in [0.1, 0.15) is 12.6 Å². The molecular weight excluding hydrogens is 332 g/mol. The molecule has 2 saturated heterocycles. The maximum Gasteiger partial charge on any atom is 0.249 e. The highest BCUT2D eigenvalue weighted by Crippen LogP contribution is 2.16. The Morgan fingerprint density at radius 1 is 1.29 bits per heavy atom. The Labute approximate surface area is 140 Å². The zero-order chi connectivity index (χ0) is 17.2. The molecule has 2 aliphatic rings. The van der Waals surface area contributed by atoms with E-state index in [1.807, 2.05) is 30.3 Å². The molecule has 2 fully saturated rings. The van der Waals surface area contributed by atoms with Crippen LogP contribution in [0.15, 0.2) is 30.3 Å². The van der Waals surface area contributed by atoms with Gasteiger partial charge in [-0.3, -0.25) is 9.59 Å². The number of hydrogen-bond donors (Lipinski definition) is 1. The lowest BCUT2D eigenvalue weighted by Gasteiger charge is -2.35. The molecule has 0 spiro atoms. The smallest absolute Gasteiger partial charge is 0.249 e. The minimum atomic E-state index is -3.07. The molecule has 1 aromatic rings. The van der Waals surface area contributed by atoms with E-state index in [0.717, 1.165) is 5.56 Å². The number of hydrogen-bond acceptors (Lipinski definition) is 5. The molecule has 1 aromatic carbocycles. The minimum Gasteiger partial charge on any atom is -0.369 e. The molecule has 0 aliphatic carbocycles. The molecule has 24 heavy (non-hydrogen) atoms. The molecule has 0 radical (unpaired) electrons. The molecule has 0 saturated carbocycles. The van der Waals surface area contributed by atoms with Gasteiger partial charge in [-0.05, 0) is 12.0 Å². The number of morpholine rings is 1. The Morgan fingerprint density at radius 3 is 2.71 bits per heavy atom. The van der Waals surface area contributed by atoms with E-state index >= 15 is 0 Å². The number of benzene rings is 1. The average Bonchev–Trinajstić information content (AvgIpc) is 2.89. The van der Waals surface area contributed by atoms with E-state index in [1.165, 1.54) is 4.90 Å². The van der Waals surface area contributed by atoms with Crippen LogP contribution in [0.1, 0.15) is 12.0 Å². The van der Waals surface area contributed by atoms with Crippen molar-refractivity contribution in [1.29, 1.82) is 0 Å². The second-order valence-corrected chi connectivity index (χ2v) is 8.38. The van der Waals surface area contributed by atoms with Crippen LogP contribution in [0.4, 0.5) is 0 Å². The van der Waals surface area contributed by atoms with E-state index in [4.69, 9.17) is 4.74 Å². The summed E-state index contributed by atoms with van der Waals surface area (Å²) in [7, 11) is -3.07. The van der Waals surface area contributed by atoms with Crippen LogP contribution < -0.4 is 5.32 Å². The fourth-order valence-corrected chi connectivity index (χ4v) is 4.68. The Balaban J connectivity index is 1.69. The zero-order valence-electron chi connectivity index (χ0n) is 13.2. The number of nitrogens with one attached hydrogen (secondary N) is 1. The normalized spacial score (nSPS) is 26.3. The van der Waals surface area contributed by atoms with Crippen LogP contribution in [0.2, 0.25) is 0 Å². The number of sulfone groups is 1. The van der Waals surface area contributed by atoms with Crippen molar-refractivity contribution >= 4 is 21.7 Å². The quantitative estimate of drug-likeness (QED) is 0.804. The van der Waals surface area contributed by atoms with Gasteiger partial charge in [0.15, 0.2) is 9.84 Å². The second kappa shape index (κ2) is 6.90. The molecule has 7 nitrogen and oxygen atoms in total. The molecule has 8 heteroatoms. The maximum absolute atomic E-state index is 12.5. The van der Waals surface area contributed by atoms with Crippen LogP contribution in [0.25, 0.3) is 0 Å². The molecule has 3 rings (SSSR count). The van der Waals surface area contributed by atoms with Crippen molar-refractivity contribution in [2.24, 2.45) is 0 Å². The van der Waals surface area contributed by atoms with Gasteiger partial charge < -0.3 is 15.0 Å².